The molecule has 0 aliphatic carbocycles. The number of sulfonamides is 1. The van der Waals surface area contributed by atoms with Crippen molar-refractivity contribution in [2.75, 3.05) is 18.0 Å². The average molecular weight is 480 g/mol. The lowest BCUT2D eigenvalue weighted by Crippen LogP contribution is -2.32. The SMILES string of the molecule is NS(=O)(=O)c1ccc(-c2c(-c3ccc(F)cc3)nc(C(F)(F)F)nc2N2CCCCC2)cc1. The van der Waals surface area contributed by atoms with E-state index in [1.54, 1.807) is 4.90 Å². The zero-order valence-electron chi connectivity index (χ0n) is 17.3. The van der Waals surface area contributed by atoms with Crippen LogP contribution in [0.2, 0.25) is 0 Å². The van der Waals surface area contributed by atoms with Gasteiger partial charge in [-0.15, -0.1) is 0 Å². The number of aromatic nitrogens is 2. The molecule has 1 aliphatic heterocycles. The van der Waals surface area contributed by atoms with Gasteiger partial charge in [0.1, 0.15) is 11.6 Å². The fourth-order valence-electron chi connectivity index (χ4n) is 3.80. The molecule has 1 fully saturated rings. The summed E-state index contributed by atoms with van der Waals surface area (Å²) in [7, 11) is -3.96. The highest BCUT2D eigenvalue weighted by atomic mass is 32.2. The van der Waals surface area contributed by atoms with Crippen molar-refractivity contribution in [3.05, 3.63) is 60.2 Å². The van der Waals surface area contributed by atoms with Crippen LogP contribution in [0.15, 0.2) is 53.4 Å². The van der Waals surface area contributed by atoms with Gasteiger partial charge in [-0.1, -0.05) is 12.1 Å². The Morgan fingerprint density at radius 1 is 0.848 bits per heavy atom. The molecule has 3 aromatic rings. The van der Waals surface area contributed by atoms with Crippen LogP contribution in [0.25, 0.3) is 22.4 Å². The maximum absolute atomic E-state index is 13.7. The number of piperidine rings is 1. The summed E-state index contributed by atoms with van der Waals surface area (Å²) in [5.74, 6) is -1.74. The number of primary sulfonamides is 1. The summed E-state index contributed by atoms with van der Waals surface area (Å²) in [6.07, 6.45) is -2.26. The van der Waals surface area contributed by atoms with Crippen LogP contribution in [0.5, 0.6) is 0 Å². The van der Waals surface area contributed by atoms with E-state index in [1.807, 2.05) is 0 Å². The normalized spacial score (nSPS) is 15.0. The summed E-state index contributed by atoms with van der Waals surface area (Å²) in [4.78, 5) is 9.35. The van der Waals surface area contributed by atoms with Crippen LogP contribution in [0.3, 0.4) is 0 Å². The Morgan fingerprint density at radius 3 is 1.97 bits per heavy atom. The van der Waals surface area contributed by atoms with Crippen molar-refractivity contribution in [3.63, 3.8) is 0 Å². The van der Waals surface area contributed by atoms with E-state index in [9.17, 15) is 26.0 Å². The lowest BCUT2D eigenvalue weighted by Gasteiger charge is -2.31. The molecule has 33 heavy (non-hydrogen) atoms. The number of benzene rings is 2. The molecule has 0 spiro atoms. The third-order valence-electron chi connectivity index (χ3n) is 5.39. The van der Waals surface area contributed by atoms with Crippen molar-refractivity contribution in [1.82, 2.24) is 9.97 Å². The number of nitrogens with two attached hydrogens (primary N) is 1. The van der Waals surface area contributed by atoms with Gasteiger partial charge in [0.25, 0.3) is 0 Å². The van der Waals surface area contributed by atoms with Gasteiger partial charge in [0.2, 0.25) is 15.8 Å². The molecule has 1 aliphatic rings. The van der Waals surface area contributed by atoms with Crippen molar-refractivity contribution in [2.24, 2.45) is 5.14 Å². The Balaban J connectivity index is 2.01. The molecule has 1 aromatic heterocycles. The van der Waals surface area contributed by atoms with Gasteiger partial charge < -0.3 is 4.90 Å². The van der Waals surface area contributed by atoms with Gasteiger partial charge in [-0.25, -0.2) is 27.9 Å². The van der Waals surface area contributed by atoms with E-state index in [-0.39, 0.29) is 22.0 Å². The average Bonchev–Trinajstić information content (AvgIpc) is 2.78. The molecule has 0 amide bonds. The number of nitrogens with zero attached hydrogens (tertiary/aromatic N) is 3. The van der Waals surface area contributed by atoms with Crippen molar-refractivity contribution >= 4 is 15.8 Å². The molecule has 0 unspecified atom stereocenters. The summed E-state index contributed by atoms with van der Waals surface area (Å²) < 4.78 is 78.0. The largest absolute Gasteiger partial charge is 0.451 e. The molecule has 0 radical (unpaired) electrons. The number of halogens is 4. The first-order valence-corrected chi connectivity index (χ1v) is 11.7. The molecule has 0 bridgehead atoms. The highest BCUT2D eigenvalue weighted by Crippen LogP contribution is 2.41. The first-order valence-electron chi connectivity index (χ1n) is 10.2. The molecule has 4 rings (SSSR count). The monoisotopic (exact) mass is 480 g/mol. The van der Waals surface area contributed by atoms with E-state index >= 15 is 0 Å². The Labute approximate surface area is 188 Å². The summed E-state index contributed by atoms with van der Waals surface area (Å²) in [5, 5.41) is 5.17. The minimum Gasteiger partial charge on any atom is -0.356 e. The van der Waals surface area contributed by atoms with Crippen LogP contribution in [-0.2, 0) is 16.2 Å². The number of anilines is 1. The number of hydrogen-bond acceptors (Lipinski definition) is 5. The van der Waals surface area contributed by atoms with E-state index < -0.39 is 27.8 Å². The van der Waals surface area contributed by atoms with E-state index in [1.165, 1.54) is 36.4 Å². The third-order valence-corrected chi connectivity index (χ3v) is 6.32. The Kier molecular flexibility index (Phi) is 6.10. The zero-order valence-corrected chi connectivity index (χ0v) is 18.1. The lowest BCUT2D eigenvalue weighted by molar-refractivity contribution is -0.144. The van der Waals surface area contributed by atoms with E-state index in [0.29, 0.717) is 24.2 Å². The topological polar surface area (TPSA) is 89.2 Å². The predicted molar refractivity (Wildman–Crippen MR) is 115 cm³/mol. The van der Waals surface area contributed by atoms with Crippen molar-refractivity contribution in [1.29, 1.82) is 0 Å². The van der Waals surface area contributed by atoms with Gasteiger partial charge in [-0.2, -0.15) is 13.2 Å². The first kappa shape index (κ1) is 23.1. The van der Waals surface area contributed by atoms with Crippen molar-refractivity contribution < 1.29 is 26.0 Å². The molecular formula is C22H20F4N4O2S. The molecule has 2 aromatic carbocycles. The smallest absolute Gasteiger partial charge is 0.356 e. The van der Waals surface area contributed by atoms with Crippen molar-refractivity contribution in [2.45, 2.75) is 30.3 Å². The van der Waals surface area contributed by atoms with E-state index in [4.69, 9.17) is 5.14 Å². The number of alkyl halides is 3. The molecular weight excluding hydrogens is 460 g/mol. The zero-order chi connectivity index (χ0) is 23.8. The van der Waals surface area contributed by atoms with Gasteiger partial charge in [-0.05, 0) is 61.2 Å². The van der Waals surface area contributed by atoms with Crippen LogP contribution in [0.1, 0.15) is 25.1 Å². The molecule has 2 N–H and O–H groups in total. The maximum atomic E-state index is 13.7. The molecule has 174 valence electrons. The second-order valence-electron chi connectivity index (χ2n) is 7.72. The third kappa shape index (κ3) is 4.98. The fourth-order valence-corrected chi connectivity index (χ4v) is 4.32. The summed E-state index contributed by atoms with van der Waals surface area (Å²) >= 11 is 0. The highest BCUT2D eigenvalue weighted by molar-refractivity contribution is 7.89. The molecule has 2 heterocycles. The predicted octanol–water partition coefficient (Wildman–Crippen LogP) is 4.61. The Bertz CT molecular complexity index is 1260. The quantitative estimate of drug-likeness (QED) is 0.551. The Hall–Kier alpha value is -3.05. The van der Waals surface area contributed by atoms with Gasteiger partial charge in [0.05, 0.1) is 16.2 Å². The number of hydrogen-bond donors (Lipinski definition) is 1. The van der Waals surface area contributed by atoms with Crippen LogP contribution < -0.4 is 10.0 Å². The standard InChI is InChI=1S/C22H20F4N4O2S/c23-16-8-4-15(5-9-16)19-18(14-6-10-17(11-7-14)33(27,31)32)20(30-12-2-1-3-13-30)29-21(28-19)22(24,25)26/h4-11H,1-3,12-13H2,(H2,27,31,32). The second kappa shape index (κ2) is 8.71. The van der Waals surface area contributed by atoms with Crippen LogP contribution in [0.4, 0.5) is 23.4 Å². The minimum atomic E-state index is -4.80. The van der Waals surface area contributed by atoms with Gasteiger partial charge >= 0.3 is 6.18 Å². The molecule has 6 nitrogen and oxygen atoms in total. The summed E-state index contributed by atoms with van der Waals surface area (Å²) in [5.41, 5.74) is 0.961. The summed E-state index contributed by atoms with van der Waals surface area (Å²) in [6.45, 7) is 1.03. The fraction of sp³-hybridized carbons (Fsp3) is 0.273. The molecule has 1 saturated heterocycles. The van der Waals surface area contributed by atoms with E-state index in [2.05, 4.69) is 9.97 Å². The van der Waals surface area contributed by atoms with Gasteiger partial charge in [-0.3, -0.25) is 0 Å². The summed E-state index contributed by atoms with van der Waals surface area (Å²) in [6, 6.07) is 10.4. The van der Waals surface area contributed by atoms with Crippen LogP contribution in [0, 0.1) is 5.82 Å². The minimum absolute atomic E-state index is 0.0266. The second-order valence-corrected chi connectivity index (χ2v) is 9.28. The highest BCUT2D eigenvalue weighted by Gasteiger charge is 2.37. The molecule has 0 atom stereocenters. The van der Waals surface area contributed by atoms with Gasteiger partial charge in [0, 0.05) is 18.7 Å². The maximum Gasteiger partial charge on any atom is 0.451 e. The van der Waals surface area contributed by atoms with Crippen LogP contribution >= 0.6 is 0 Å². The lowest BCUT2D eigenvalue weighted by atomic mass is 9.98. The number of rotatable bonds is 4. The molecule has 11 heteroatoms. The Morgan fingerprint density at radius 2 is 1.42 bits per heavy atom. The van der Waals surface area contributed by atoms with E-state index in [0.717, 1.165) is 31.4 Å². The van der Waals surface area contributed by atoms with Crippen molar-refractivity contribution in [3.8, 4) is 22.4 Å². The molecule has 0 saturated carbocycles. The first-order chi connectivity index (χ1) is 15.5. The van der Waals surface area contributed by atoms with Crippen LogP contribution in [-0.4, -0.2) is 31.5 Å². The van der Waals surface area contributed by atoms with Gasteiger partial charge in [0.15, 0.2) is 0 Å².